The standard InChI is InChI=1S/C26H29NO.BrH/c1-4-25(21-11-7-5-8-12-21)26(22-13-9-6-10-14-22)23-15-17-24(18-16-23)28-20-19-27(2)3;/h5-18H,4,19-20H2,1-3H3;1H/b26-25-;. The van der Waals surface area contributed by atoms with Gasteiger partial charge in [0.2, 0.25) is 0 Å². The third-order valence-corrected chi connectivity index (χ3v) is 4.79. The van der Waals surface area contributed by atoms with Crippen molar-refractivity contribution in [2.45, 2.75) is 13.3 Å². The molecule has 0 unspecified atom stereocenters. The van der Waals surface area contributed by atoms with Gasteiger partial charge in [0.15, 0.2) is 0 Å². The maximum absolute atomic E-state index is 5.87. The summed E-state index contributed by atoms with van der Waals surface area (Å²) in [5.74, 6) is 0.913. The molecule has 0 aliphatic rings. The van der Waals surface area contributed by atoms with Gasteiger partial charge < -0.3 is 9.64 Å². The normalized spacial score (nSPS) is 11.6. The zero-order chi connectivity index (χ0) is 19.8. The molecule has 0 heterocycles. The quantitative estimate of drug-likeness (QED) is 0.358. The van der Waals surface area contributed by atoms with E-state index in [2.05, 4.69) is 111 Å². The number of benzene rings is 3. The first-order valence-electron chi connectivity index (χ1n) is 9.91. The minimum atomic E-state index is 0. The lowest BCUT2D eigenvalue weighted by atomic mass is 9.88. The summed E-state index contributed by atoms with van der Waals surface area (Å²) >= 11 is 0. The molecule has 0 amide bonds. The monoisotopic (exact) mass is 451 g/mol. The molecule has 3 aromatic carbocycles. The minimum absolute atomic E-state index is 0. The Kier molecular flexibility index (Phi) is 9.17. The van der Waals surface area contributed by atoms with Crippen LogP contribution < -0.4 is 4.74 Å². The van der Waals surface area contributed by atoms with Crippen molar-refractivity contribution in [3.8, 4) is 5.75 Å². The second-order valence-electron chi connectivity index (χ2n) is 7.12. The first kappa shape index (κ1) is 22.9. The second kappa shape index (κ2) is 11.6. The van der Waals surface area contributed by atoms with E-state index in [4.69, 9.17) is 4.74 Å². The predicted molar refractivity (Wildman–Crippen MR) is 130 cm³/mol. The van der Waals surface area contributed by atoms with Crippen molar-refractivity contribution in [2.75, 3.05) is 27.2 Å². The van der Waals surface area contributed by atoms with Gasteiger partial charge in [-0.05, 0) is 60.5 Å². The Labute approximate surface area is 185 Å². The smallest absolute Gasteiger partial charge is 0.119 e. The Morgan fingerprint density at radius 2 is 1.24 bits per heavy atom. The molecule has 0 atom stereocenters. The van der Waals surface area contributed by atoms with Gasteiger partial charge in [-0.3, -0.25) is 0 Å². The first-order valence-corrected chi connectivity index (χ1v) is 9.91. The largest absolute Gasteiger partial charge is 0.492 e. The number of rotatable bonds is 8. The van der Waals surface area contributed by atoms with E-state index in [0.717, 1.165) is 18.7 Å². The van der Waals surface area contributed by atoms with Gasteiger partial charge in [-0.25, -0.2) is 0 Å². The number of halogens is 1. The molecule has 0 radical (unpaired) electrons. The second-order valence-corrected chi connectivity index (χ2v) is 7.12. The van der Waals surface area contributed by atoms with Crippen LogP contribution in [0.1, 0.15) is 30.0 Å². The molecular weight excluding hydrogens is 422 g/mol. The summed E-state index contributed by atoms with van der Waals surface area (Å²) in [6.07, 6.45) is 0.968. The summed E-state index contributed by atoms with van der Waals surface area (Å²) < 4.78 is 5.87. The Morgan fingerprint density at radius 1 is 0.724 bits per heavy atom. The Bertz CT molecular complexity index is 887. The van der Waals surface area contributed by atoms with Gasteiger partial charge in [-0.1, -0.05) is 79.7 Å². The van der Waals surface area contributed by atoms with Crippen molar-refractivity contribution in [3.05, 3.63) is 102 Å². The summed E-state index contributed by atoms with van der Waals surface area (Å²) in [6, 6.07) is 29.8. The molecule has 2 nitrogen and oxygen atoms in total. The highest BCUT2D eigenvalue weighted by molar-refractivity contribution is 8.93. The highest BCUT2D eigenvalue weighted by Gasteiger charge is 2.12. The highest BCUT2D eigenvalue weighted by Crippen LogP contribution is 2.34. The van der Waals surface area contributed by atoms with E-state index in [1.165, 1.54) is 27.8 Å². The summed E-state index contributed by atoms with van der Waals surface area (Å²) in [5, 5.41) is 0. The van der Waals surface area contributed by atoms with Gasteiger partial charge in [-0.2, -0.15) is 0 Å². The molecule has 0 aromatic heterocycles. The van der Waals surface area contributed by atoms with Crippen molar-refractivity contribution in [1.82, 2.24) is 4.90 Å². The van der Waals surface area contributed by atoms with Crippen molar-refractivity contribution in [2.24, 2.45) is 0 Å². The predicted octanol–water partition coefficient (Wildman–Crippen LogP) is 6.57. The van der Waals surface area contributed by atoms with Crippen molar-refractivity contribution in [3.63, 3.8) is 0 Å². The van der Waals surface area contributed by atoms with Gasteiger partial charge in [0.1, 0.15) is 12.4 Å². The summed E-state index contributed by atoms with van der Waals surface area (Å²) in [7, 11) is 4.11. The SMILES string of the molecule is Br.CC/C(=C(\c1ccccc1)c1ccc(OCCN(C)C)cc1)c1ccccc1. The third kappa shape index (κ3) is 6.31. The molecule has 3 rings (SSSR count). The van der Waals surface area contributed by atoms with Crippen LogP contribution in [0.15, 0.2) is 84.9 Å². The van der Waals surface area contributed by atoms with E-state index >= 15 is 0 Å². The fraction of sp³-hybridized carbons (Fsp3) is 0.231. The van der Waals surface area contributed by atoms with E-state index in [0.29, 0.717) is 6.61 Å². The van der Waals surface area contributed by atoms with Crippen LogP contribution in [0.3, 0.4) is 0 Å². The zero-order valence-electron chi connectivity index (χ0n) is 17.5. The minimum Gasteiger partial charge on any atom is -0.492 e. The summed E-state index contributed by atoms with van der Waals surface area (Å²) in [6.45, 7) is 3.83. The molecule has 0 aliphatic heterocycles. The molecule has 3 heteroatoms. The maximum atomic E-state index is 5.87. The molecule has 0 aliphatic carbocycles. The van der Waals surface area contributed by atoms with Crippen LogP contribution in [0.5, 0.6) is 5.75 Å². The lowest BCUT2D eigenvalue weighted by Gasteiger charge is -2.17. The van der Waals surface area contributed by atoms with Gasteiger partial charge in [-0.15, -0.1) is 17.0 Å². The van der Waals surface area contributed by atoms with E-state index < -0.39 is 0 Å². The van der Waals surface area contributed by atoms with Crippen LogP contribution >= 0.6 is 17.0 Å². The molecule has 0 saturated heterocycles. The highest BCUT2D eigenvalue weighted by atomic mass is 79.9. The van der Waals surface area contributed by atoms with Crippen molar-refractivity contribution < 1.29 is 4.74 Å². The molecule has 3 aromatic rings. The van der Waals surface area contributed by atoms with Crippen LogP contribution in [0.2, 0.25) is 0 Å². The van der Waals surface area contributed by atoms with Crippen molar-refractivity contribution >= 4 is 28.1 Å². The van der Waals surface area contributed by atoms with E-state index in [1.54, 1.807) is 0 Å². The van der Waals surface area contributed by atoms with Gasteiger partial charge in [0.25, 0.3) is 0 Å². The molecule has 0 N–H and O–H groups in total. The van der Waals surface area contributed by atoms with Crippen LogP contribution in [-0.2, 0) is 0 Å². The number of nitrogens with zero attached hydrogens (tertiary/aromatic N) is 1. The van der Waals surface area contributed by atoms with Crippen LogP contribution in [0.4, 0.5) is 0 Å². The molecule has 152 valence electrons. The summed E-state index contributed by atoms with van der Waals surface area (Å²) in [5.41, 5.74) is 6.37. The Balaban J connectivity index is 0.00000300. The Morgan fingerprint density at radius 3 is 1.76 bits per heavy atom. The van der Waals surface area contributed by atoms with Crippen LogP contribution in [0.25, 0.3) is 11.1 Å². The zero-order valence-corrected chi connectivity index (χ0v) is 19.2. The van der Waals surface area contributed by atoms with Crippen LogP contribution in [-0.4, -0.2) is 32.1 Å². The molecule has 0 spiro atoms. The first-order chi connectivity index (χ1) is 13.7. The van der Waals surface area contributed by atoms with Gasteiger partial charge in [0.05, 0.1) is 0 Å². The molecular formula is C26H30BrNO. The molecule has 0 bridgehead atoms. The van der Waals surface area contributed by atoms with Gasteiger partial charge in [0, 0.05) is 6.54 Å². The lowest BCUT2D eigenvalue weighted by molar-refractivity contribution is 0.261. The van der Waals surface area contributed by atoms with Gasteiger partial charge >= 0.3 is 0 Å². The lowest BCUT2D eigenvalue weighted by Crippen LogP contribution is -2.19. The number of likely N-dealkylation sites (N-methyl/N-ethyl adjacent to an activating group) is 1. The number of hydrogen-bond donors (Lipinski definition) is 0. The fourth-order valence-corrected chi connectivity index (χ4v) is 3.35. The fourth-order valence-electron chi connectivity index (χ4n) is 3.35. The van der Waals surface area contributed by atoms with E-state index in [-0.39, 0.29) is 17.0 Å². The topological polar surface area (TPSA) is 12.5 Å². The van der Waals surface area contributed by atoms with E-state index in [1.807, 2.05) is 0 Å². The summed E-state index contributed by atoms with van der Waals surface area (Å²) in [4.78, 5) is 2.12. The molecule has 29 heavy (non-hydrogen) atoms. The Hall–Kier alpha value is -2.36. The van der Waals surface area contributed by atoms with Crippen molar-refractivity contribution in [1.29, 1.82) is 0 Å². The average molecular weight is 452 g/mol. The molecule has 0 saturated carbocycles. The maximum Gasteiger partial charge on any atom is 0.119 e. The number of ether oxygens (including phenoxy) is 1. The molecule has 0 fully saturated rings. The number of allylic oxidation sites excluding steroid dienone is 1. The number of hydrogen-bond acceptors (Lipinski definition) is 2. The van der Waals surface area contributed by atoms with E-state index in [9.17, 15) is 0 Å². The third-order valence-electron chi connectivity index (χ3n) is 4.79. The van der Waals surface area contributed by atoms with Crippen LogP contribution in [0, 0.1) is 0 Å². The average Bonchev–Trinajstić information content (AvgIpc) is 2.73.